The van der Waals surface area contributed by atoms with E-state index in [9.17, 15) is 0 Å². The maximum absolute atomic E-state index is 5.91. The van der Waals surface area contributed by atoms with Crippen molar-refractivity contribution in [2.24, 2.45) is 0 Å². The summed E-state index contributed by atoms with van der Waals surface area (Å²) in [4.78, 5) is 11.1. The number of nitrogens with zero attached hydrogens (tertiary/aromatic N) is 3. The van der Waals surface area contributed by atoms with Gasteiger partial charge in [-0.1, -0.05) is 18.2 Å². The average molecular weight is 327 g/mol. The van der Waals surface area contributed by atoms with Gasteiger partial charge in [-0.15, -0.1) is 0 Å². The highest BCUT2D eigenvalue weighted by molar-refractivity contribution is 5.53. The Balaban J connectivity index is 1.61. The van der Waals surface area contributed by atoms with Gasteiger partial charge in [-0.25, -0.2) is 9.97 Å². The second-order valence-corrected chi connectivity index (χ2v) is 6.14. The zero-order valence-corrected chi connectivity index (χ0v) is 13.8. The number of rotatable bonds is 3. The van der Waals surface area contributed by atoms with Crippen LogP contribution in [0.5, 0.6) is 5.75 Å². The molecule has 0 saturated carbocycles. The molecule has 1 aromatic heterocycles. The van der Waals surface area contributed by atoms with Crippen LogP contribution in [0.15, 0.2) is 30.6 Å². The molecule has 24 heavy (non-hydrogen) atoms. The number of benzene rings is 1. The van der Waals surface area contributed by atoms with Crippen LogP contribution in [-0.2, 0) is 22.5 Å². The Bertz CT molecular complexity index is 716. The van der Waals surface area contributed by atoms with Crippen molar-refractivity contribution in [3.63, 3.8) is 0 Å². The van der Waals surface area contributed by atoms with E-state index in [1.807, 2.05) is 25.2 Å². The van der Waals surface area contributed by atoms with Crippen LogP contribution in [0.2, 0.25) is 0 Å². The number of anilines is 1. The fourth-order valence-electron chi connectivity index (χ4n) is 3.23. The van der Waals surface area contributed by atoms with Gasteiger partial charge in [-0.05, 0) is 11.6 Å². The van der Waals surface area contributed by atoms with E-state index in [1.54, 1.807) is 6.33 Å². The number of hydrogen-bond donors (Lipinski definition) is 0. The van der Waals surface area contributed by atoms with Crippen molar-refractivity contribution in [1.29, 1.82) is 0 Å². The van der Waals surface area contributed by atoms with Gasteiger partial charge in [-0.2, -0.15) is 0 Å². The van der Waals surface area contributed by atoms with E-state index in [0.717, 1.165) is 41.4 Å². The van der Waals surface area contributed by atoms with Gasteiger partial charge >= 0.3 is 0 Å². The lowest BCUT2D eigenvalue weighted by Gasteiger charge is -2.29. The van der Waals surface area contributed by atoms with Gasteiger partial charge in [-0.3, -0.25) is 0 Å². The smallest absolute Gasteiger partial charge is 0.135 e. The molecule has 0 amide bonds. The summed E-state index contributed by atoms with van der Waals surface area (Å²) in [6, 6.07) is 8.13. The van der Waals surface area contributed by atoms with Gasteiger partial charge < -0.3 is 19.1 Å². The molecule has 4 rings (SSSR count). The highest BCUT2D eigenvalue weighted by Gasteiger charge is 2.23. The van der Waals surface area contributed by atoms with E-state index in [1.165, 1.54) is 0 Å². The van der Waals surface area contributed by atoms with Crippen molar-refractivity contribution in [2.45, 2.75) is 19.1 Å². The molecule has 1 fully saturated rings. The maximum Gasteiger partial charge on any atom is 0.135 e. The van der Waals surface area contributed by atoms with Crippen molar-refractivity contribution in [3.8, 4) is 5.75 Å². The molecule has 2 aliphatic rings. The van der Waals surface area contributed by atoms with Gasteiger partial charge in [0.2, 0.25) is 0 Å². The Labute approximate surface area is 141 Å². The van der Waals surface area contributed by atoms with Crippen molar-refractivity contribution in [1.82, 2.24) is 9.97 Å². The molecule has 0 radical (unpaired) electrons. The van der Waals surface area contributed by atoms with Gasteiger partial charge in [0, 0.05) is 25.6 Å². The summed E-state index contributed by atoms with van der Waals surface area (Å²) < 4.78 is 17.2. The highest BCUT2D eigenvalue weighted by Crippen LogP contribution is 2.31. The minimum absolute atomic E-state index is 0.0729. The lowest BCUT2D eigenvalue weighted by molar-refractivity contribution is -0.0837. The lowest BCUT2D eigenvalue weighted by atomic mass is 10.0. The number of hydrogen-bond acceptors (Lipinski definition) is 6. The zero-order chi connectivity index (χ0) is 16.4. The average Bonchev–Trinajstić information content (AvgIpc) is 2.81. The first kappa shape index (κ1) is 15.4. The molecule has 0 spiro atoms. The summed E-state index contributed by atoms with van der Waals surface area (Å²) >= 11 is 0. The third kappa shape index (κ3) is 3.07. The monoisotopic (exact) mass is 327 g/mol. The first-order chi connectivity index (χ1) is 11.8. The molecule has 1 atom stereocenters. The van der Waals surface area contributed by atoms with Crippen LogP contribution in [0.1, 0.15) is 16.8 Å². The van der Waals surface area contributed by atoms with Crippen LogP contribution in [0, 0.1) is 0 Å². The Morgan fingerprint density at radius 1 is 1.21 bits per heavy atom. The summed E-state index contributed by atoms with van der Waals surface area (Å²) in [6.07, 6.45) is 2.46. The highest BCUT2D eigenvalue weighted by atomic mass is 16.6. The third-order valence-electron chi connectivity index (χ3n) is 4.44. The molecule has 0 unspecified atom stereocenters. The van der Waals surface area contributed by atoms with Crippen LogP contribution in [-0.4, -0.2) is 49.5 Å². The minimum atomic E-state index is 0.0729. The Morgan fingerprint density at radius 2 is 2.12 bits per heavy atom. The van der Waals surface area contributed by atoms with Gasteiger partial charge in [0.25, 0.3) is 0 Å². The van der Waals surface area contributed by atoms with Crippen LogP contribution < -0.4 is 9.64 Å². The summed E-state index contributed by atoms with van der Waals surface area (Å²) in [5.74, 6) is 1.86. The van der Waals surface area contributed by atoms with E-state index in [0.29, 0.717) is 26.4 Å². The maximum atomic E-state index is 5.91. The van der Waals surface area contributed by atoms with Crippen LogP contribution in [0.3, 0.4) is 0 Å². The molecule has 0 aliphatic carbocycles. The van der Waals surface area contributed by atoms with Crippen molar-refractivity contribution in [3.05, 3.63) is 47.4 Å². The van der Waals surface area contributed by atoms with Crippen molar-refractivity contribution < 1.29 is 14.2 Å². The molecular formula is C18H21N3O3. The van der Waals surface area contributed by atoms with E-state index in [-0.39, 0.29) is 6.10 Å². The van der Waals surface area contributed by atoms with E-state index in [4.69, 9.17) is 14.2 Å². The molecule has 1 saturated heterocycles. The summed E-state index contributed by atoms with van der Waals surface area (Å²) in [5, 5.41) is 0. The summed E-state index contributed by atoms with van der Waals surface area (Å²) in [7, 11) is 2.04. The van der Waals surface area contributed by atoms with Crippen LogP contribution in [0.25, 0.3) is 0 Å². The Morgan fingerprint density at radius 3 is 3.00 bits per heavy atom. The predicted molar refractivity (Wildman–Crippen MR) is 89.4 cm³/mol. The van der Waals surface area contributed by atoms with E-state index in [2.05, 4.69) is 20.9 Å². The number of aromatic nitrogens is 2. The standard InChI is InChI=1S/C18H21N3O3/c1-21(9-14-10-22-6-7-23-14)18-15-8-13-4-2-3-5-17(13)24-11-16(15)19-12-20-18/h2-5,12,14H,6-11H2,1H3/t14-/m0/s1. The number of likely N-dealkylation sites (N-methyl/N-ethyl adjacent to an activating group) is 1. The van der Waals surface area contributed by atoms with Crippen molar-refractivity contribution >= 4 is 5.82 Å². The Hall–Kier alpha value is -2.18. The quantitative estimate of drug-likeness (QED) is 0.857. The van der Waals surface area contributed by atoms with Crippen LogP contribution >= 0.6 is 0 Å². The summed E-state index contributed by atoms with van der Waals surface area (Å²) in [5.41, 5.74) is 3.24. The van der Waals surface area contributed by atoms with Gasteiger partial charge in [0.15, 0.2) is 0 Å². The van der Waals surface area contributed by atoms with Crippen LogP contribution in [0.4, 0.5) is 5.82 Å². The van der Waals surface area contributed by atoms with E-state index < -0.39 is 0 Å². The second kappa shape index (κ2) is 6.75. The topological polar surface area (TPSA) is 56.7 Å². The molecule has 6 heteroatoms. The minimum Gasteiger partial charge on any atom is -0.487 e. The van der Waals surface area contributed by atoms with E-state index >= 15 is 0 Å². The molecular weight excluding hydrogens is 306 g/mol. The first-order valence-corrected chi connectivity index (χ1v) is 8.25. The number of ether oxygens (including phenoxy) is 3. The SMILES string of the molecule is CN(C[C@H]1COCCO1)c1ncnc2c1Cc1ccccc1OC2. The fourth-order valence-corrected chi connectivity index (χ4v) is 3.23. The normalized spacial score (nSPS) is 19.6. The second-order valence-electron chi connectivity index (χ2n) is 6.14. The van der Waals surface area contributed by atoms with Crippen molar-refractivity contribution in [2.75, 3.05) is 38.3 Å². The molecule has 2 aliphatic heterocycles. The predicted octanol–water partition coefficient (Wildman–Crippen LogP) is 1.81. The summed E-state index contributed by atoms with van der Waals surface area (Å²) in [6.45, 7) is 3.17. The van der Waals surface area contributed by atoms with Gasteiger partial charge in [0.05, 0.1) is 31.6 Å². The fraction of sp³-hybridized carbons (Fsp3) is 0.444. The number of fused-ring (bicyclic) bond motifs is 2. The molecule has 1 aromatic carbocycles. The zero-order valence-electron chi connectivity index (χ0n) is 13.8. The largest absolute Gasteiger partial charge is 0.487 e. The Kier molecular flexibility index (Phi) is 4.32. The molecule has 0 bridgehead atoms. The number of para-hydroxylation sites is 1. The van der Waals surface area contributed by atoms with Gasteiger partial charge in [0.1, 0.15) is 24.5 Å². The third-order valence-corrected chi connectivity index (χ3v) is 4.44. The molecule has 6 nitrogen and oxygen atoms in total. The lowest BCUT2D eigenvalue weighted by Crippen LogP contribution is -2.39. The molecule has 126 valence electrons. The molecule has 0 N–H and O–H groups in total. The molecule has 2 aromatic rings. The molecule has 3 heterocycles. The first-order valence-electron chi connectivity index (χ1n) is 8.25.